The van der Waals surface area contributed by atoms with Gasteiger partial charge in [-0.25, -0.2) is 8.42 Å². The summed E-state index contributed by atoms with van der Waals surface area (Å²) in [5.41, 5.74) is -0.885. The molecule has 1 aliphatic carbocycles. The minimum Gasteiger partial charge on any atom is -0.339 e. The van der Waals surface area contributed by atoms with Crippen LogP contribution in [0.25, 0.3) is 0 Å². The molecule has 1 saturated heterocycles. The minimum atomic E-state index is -3.20. The van der Waals surface area contributed by atoms with Crippen LogP contribution in [0, 0.1) is 16.7 Å². The molecule has 0 atom stereocenters. The molecular weight excluding hydrogens is 290 g/mol. The Morgan fingerprint density at radius 3 is 2.00 bits per heavy atom. The highest BCUT2D eigenvalue weighted by Gasteiger charge is 2.42. The number of carbonyl (C=O) groups excluding carboxylic acids is 1. The lowest BCUT2D eigenvalue weighted by atomic mass is 9.80. The summed E-state index contributed by atoms with van der Waals surface area (Å²) in [6, 6.07) is 2.27. The van der Waals surface area contributed by atoms with Gasteiger partial charge >= 0.3 is 0 Å². The average molecular weight is 313 g/mol. The van der Waals surface area contributed by atoms with Crippen molar-refractivity contribution in [3.05, 3.63) is 0 Å². The third kappa shape index (κ3) is 3.55. The van der Waals surface area contributed by atoms with Gasteiger partial charge in [0.2, 0.25) is 15.9 Å². The quantitative estimate of drug-likeness (QED) is 0.711. The van der Waals surface area contributed by atoms with Gasteiger partial charge in [0.25, 0.3) is 0 Å². The van der Waals surface area contributed by atoms with E-state index in [2.05, 4.69) is 6.07 Å². The summed E-state index contributed by atoms with van der Waals surface area (Å²) in [5, 5.41) is 9.55. The predicted octanol–water partition coefficient (Wildman–Crippen LogP) is 0.954. The molecule has 2 fully saturated rings. The van der Waals surface area contributed by atoms with E-state index in [0.717, 1.165) is 25.7 Å². The summed E-state index contributed by atoms with van der Waals surface area (Å²) in [4.78, 5) is 14.4. The van der Waals surface area contributed by atoms with Crippen molar-refractivity contribution in [2.24, 2.45) is 5.41 Å². The third-order valence-corrected chi connectivity index (χ3v) is 5.88. The summed E-state index contributed by atoms with van der Waals surface area (Å²) in [5.74, 6) is -0.0972. The first-order chi connectivity index (χ1) is 9.89. The van der Waals surface area contributed by atoms with E-state index in [-0.39, 0.29) is 5.91 Å². The molecule has 2 aliphatic rings. The Hall–Kier alpha value is -1.13. The van der Waals surface area contributed by atoms with E-state index in [4.69, 9.17) is 0 Å². The molecule has 0 bridgehead atoms. The maximum Gasteiger partial charge on any atom is 0.243 e. The maximum absolute atomic E-state index is 12.8. The van der Waals surface area contributed by atoms with Crippen LogP contribution in [0.15, 0.2) is 0 Å². The molecular formula is C14H23N3O3S. The molecule has 1 amide bonds. The maximum atomic E-state index is 12.8. The molecule has 2 rings (SSSR count). The Bertz CT molecular complexity index is 522. The first-order valence-corrected chi connectivity index (χ1v) is 9.40. The number of rotatable bonds is 2. The summed E-state index contributed by atoms with van der Waals surface area (Å²) in [6.45, 7) is 1.42. The number of carbonyl (C=O) groups is 1. The smallest absolute Gasteiger partial charge is 0.243 e. The SMILES string of the molecule is CS(=O)(=O)N1CCN(C(=O)C2(C#N)CCCCCC2)CC1. The fourth-order valence-electron chi connectivity index (χ4n) is 3.23. The van der Waals surface area contributed by atoms with E-state index in [1.165, 1.54) is 10.6 Å². The van der Waals surface area contributed by atoms with E-state index in [0.29, 0.717) is 39.0 Å². The molecule has 21 heavy (non-hydrogen) atoms. The van der Waals surface area contributed by atoms with Gasteiger partial charge in [0.15, 0.2) is 0 Å². The van der Waals surface area contributed by atoms with E-state index in [9.17, 15) is 18.5 Å². The standard InChI is InChI=1S/C14H23N3O3S/c1-21(19,20)17-10-8-16(9-11-17)13(18)14(12-15)6-4-2-3-5-7-14/h2-11H2,1H3. The Labute approximate surface area is 126 Å². The van der Waals surface area contributed by atoms with E-state index in [1.54, 1.807) is 4.90 Å². The molecule has 0 unspecified atom stereocenters. The van der Waals surface area contributed by atoms with Gasteiger partial charge in [-0.3, -0.25) is 4.79 Å². The normalized spacial score (nSPS) is 24.1. The Morgan fingerprint density at radius 1 is 1.05 bits per heavy atom. The Morgan fingerprint density at radius 2 is 1.57 bits per heavy atom. The molecule has 0 radical (unpaired) electrons. The van der Waals surface area contributed by atoms with Crippen molar-refractivity contribution in [1.29, 1.82) is 5.26 Å². The second kappa shape index (κ2) is 6.32. The number of hydrogen-bond donors (Lipinski definition) is 0. The van der Waals surface area contributed by atoms with Crippen LogP contribution < -0.4 is 0 Å². The van der Waals surface area contributed by atoms with Crippen molar-refractivity contribution in [3.8, 4) is 6.07 Å². The molecule has 0 aromatic carbocycles. The van der Waals surface area contributed by atoms with Crippen molar-refractivity contribution in [3.63, 3.8) is 0 Å². The van der Waals surface area contributed by atoms with Crippen LogP contribution in [0.2, 0.25) is 0 Å². The van der Waals surface area contributed by atoms with Crippen LogP contribution in [-0.4, -0.2) is 56.0 Å². The summed E-state index contributed by atoms with van der Waals surface area (Å²) >= 11 is 0. The van der Waals surface area contributed by atoms with Crippen LogP contribution in [0.1, 0.15) is 38.5 Å². The Kier molecular flexibility index (Phi) is 4.89. The largest absolute Gasteiger partial charge is 0.339 e. The first kappa shape index (κ1) is 16.2. The lowest BCUT2D eigenvalue weighted by molar-refractivity contribution is -0.141. The van der Waals surface area contributed by atoms with Gasteiger partial charge in [0.05, 0.1) is 12.3 Å². The highest BCUT2D eigenvalue weighted by molar-refractivity contribution is 7.88. The fraction of sp³-hybridized carbons (Fsp3) is 0.857. The van der Waals surface area contributed by atoms with Crippen molar-refractivity contribution >= 4 is 15.9 Å². The van der Waals surface area contributed by atoms with Gasteiger partial charge in [-0.05, 0) is 12.8 Å². The van der Waals surface area contributed by atoms with Crippen LogP contribution in [0.5, 0.6) is 0 Å². The van der Waals surface area contributed by atoms with Gasteiger partial charge in [-0.2, -0.15) is 9.57 Å². The molecule has 1 saturated carbocycles. The third-order valence-electron chi connectivity index (χ3n) is 4.58. The van der Waals surface area contributed by atoms with E-state index < -0.39 is 15.4 Å². The summed E-state index contributed by atoms with van der Waals surface area (Å²) in [6.07, 6.45) is 6.46. The zero-order valence-corrected chi connectivity index (χ0v) is 13.4. The highest BCUT2D eigenvalue weighted by atomic mass is 32.2. The average Bonchev–Trinajstić information content (AvgIpc) is 2.72. The second-order valence-corrected chi connectivity index (χ2v) is 8.04. The van der Waals surface area contributed by atoms with Gasteiger partial charge in [0.1, 0.15) is 5.41 Å². The minimum absolute atomic E-state index is 0.0972. The highest BCUT2D eigenvalue weighted by Crippen LogP contribution is 2.36. The molecule has 118 valence electrons. The lowest BCUT2D eigenvalue weighted by Gasteiger charge is -2.37. The van der Waals surface area contributed by atoms with E-state index in [1.807, 2.05) is 0 Å². The van der Waals surface area contributed by atoms with Crippen LogP contribution in [-0.2, 0) is 14.8 Å². The molecule has 1 aliphatic heterocycles. The molecule has 7 heteroatoms. The number of amides is 1. The van der Waals surface area contributed by atoms with Gasteiger partial charge in [-0.1, -0.05) is 25.7 Å². The number of sulfonamides is 1. The van der Waals surface area contributed by atoms with Gasteiger partial charge < -0.3 is 4.90 Å². The topological polar surface area (TPSA) is 81.5 Å². The van der Waals surface area contributed by atoms with Crippen molar-refractivity contribution in [1.82, 2.24) is 9.21 Å². The number of nitrogens with zero attached hydrogens (tertiary/aromatic N) is 3. The second-order valence-electron chi connectivity index (χ2n) is 6.06. The molecule has 0 N–H and O–H groups in total. The Balaban J connectivity index is 2.05. The fourth-order valence-corrected chi connectivity index (χ4v) is 4.06. The van der Waals surface area contributed by atoms with E-state index >= 15 is 0 Å². The number of nitriles is 1. The van der Waals surface area contributed by atoms with Crippen molar-refractivity contribution < 1.29 is 13.2 Å². The molecule has 1 heterocycles. The number of hydrogen-bond acceptors (Lipinski definition) is 4. The van der Waals surface area contributed by atoms with Crippen LogP contribution in [0.4, 0.5) is 0 Å². The molecule has 6 nitrogen and oxygen atoms in total. The zero-order chi connectivity index (χ0) is 15.5. The lowest BCUT2D eigenvalue weighted by Crippen LogP contribution is -2.53. The van der Waals surface area contributed by atoms with Crippen molar-refractivity contribution in [2.45, 2.75) is 38.5 Å². The monoisotopic (exact) mass is 313 g/mol. The predicted molar refractivity (Wildman–Crippen MR) is 78.7 cm³/mol. The summed E-state index contributed by atoms with van der Waals surface area (Å²) in [7, 11) is -3.20. The molecule has 0 aromatic rings. The van der Waals surface area contributed by atoms with Crippen molar-refractivity contribution in [2.75, 3.05) is 32.4 Å². The van der Waals surface area contributed by atoms with Gasteiger partial charge in [-0.15, -0.1) is 0 Å². The number of piperazine rings is 1. The van der Waals surface area contributed by atoms with Crippen LogP contribution >= 0.6 is 0 Å². The summed E-state index contributed by atoms with van der Waals surface area (Å²) < 4.78 is 24.4. The van der Waals surface area contributed by atoms with Gasteiger partial charge in [0, 0.05) is 26.2 Å². The van der Waals surface area contributed by atoms with Crippen LogP contribution in [0.3, 0.4) is 0 Å². The molecule has 0 aromatic heterocycles. The first-order valence-electron chi connectivity index (χ1n) is 7.55. The molecule has 0 spiro atoms. The zero-order valence-electron chi connectivity index (χ0n) is 12.5.